The zero-order chi connectivity index (χ0) is 29.5. The van der Waals surface area contributed by atoms with Gasteiger partial charge in [-0.2, -0.15) is 0 Å². The molecule has 0 atom stereocenters. The van der Waals surface area contributed by atoms with E-state index in [1.807, 2.05) is 24.3 Å². The third-order valence-corrected chi connectivity index (χ3v) is 8.26. The summed E-state index contributed by atoms with van der Waals surface area (Å²) in [6, 6.07) is 56.5. The summed E-state index contributed by atoms with van der Waals surface area (Å²) in [6.07, 6.45) is 0. The molecule has 0 aliphatic carbocycles. The highest BCUT2D eigenvalue weighted by Gasteiger charge is 2.24. The molecular formula is C40H27ClN2O. The van der Waals surface area contributed by atoms with Crippen molar-refractivity contribution in [3.63, 3.8) is 0 Å². The van der Waals surface area contributed by atoms with E-state index in [1.165, 1.54) is 0 Å². The number of hydrogen-bond acceptors (Lipinski definition) is 3. The Morgan fingerprint density at radius 2 is 0.841 bits per heavy atom. The number of halogens is 1. The minimum absolute atomic E-state index is 0.614. The van der Waals surface area contributed by atoms with E-state index in [2.05, 4.69) is 149 Å². The van der Waals surface area contributed by atoms with Crippen LogP contribution in [0.2, 0.25) is 5.02 Å². The number of rotatable bonds is 6. The third-order valence-electron chi connectivity index (χ3n) is 8.04. The minimum atomic E-state index is 0.614. The van der Waals surface area contributed by atoms with Gasteiger partial charge in [0.05, 0.1) is 16.8 Å². The Morgan fingerprint density at radius 3 is 1.34 bits per heavy atom. The maximum atomic E-state index is 6.84. The first-order chi connectivity index (χ1) is 21.8. The summed E-state index contributed by atoms with van der Waals surface area (Å²) >= 11 is 6.84. The van der Waals surface area contributed by atoms with E-state index in [0.717, 1.165) is 66.8 Å². The van der Waals surface area contributed by atoms with Crippen LogP contribution in [0.15, 0.2) is 168 Å². The Hall–Kier alpha value is -5.51. The Morgan fingerprint density at radius 1 is 0.409 bits per heavy atom. The minimum Gasteiger partial charge on any atom is -0.455 e. The highest BCUT2D eigenvalue weighted by Crippen LogP contribution is 2.48. The number of hydrogen-bond donors (Lipinski definition) is 0. The maximum absolute atomic E-state index is 6.84. The van der Waals surface area contributed by atoms with Crippen molar-refractivity contribution in [2.24, 2.45) is 0 Å². The fraction of sp³-hybridized carbons (Fsp3) is 0. The van der Waals surface area contributed by atoms with Crippen molar-refractivity contribution in [3.8, 4) is 0 Å². The lowest BCUT2D eigenvalue weighted by Crippen LogP contribution is -2.11. The van der Waals surface area contributed by atoms with Crippen LogP contribution in [0.1, 0.15) is 0 Å². The molecule has 0 unspecified atom stereocenters. The highest BCUT2D eigenvalue weighted by atomic mass is 35.5. The van der Waals surface area contributed by atoms with Gasteiger partial charge in [0.1, 0.15) is 11.2 Å². The SMILES string of the molecule is Clc1cc(N(c2ccccc2)c2ccccc2)c2c(c1)oc1c3ccccc3c(N(c3ccccc3)c3ccccc3)cc12. The molecule has 0 saturated carbocycles. The number of para-hydroxylation sites is 4. The van der Waals surface area contributed by atoms with Gasteiger partial charge >= 0.3 is 0 Å². The summed E-state index contributed by atoms with van der Waals surface area (Å²) in [4.78, 5) is 4.58. The Balaban J connectivity index is 1.49. The molecule has 0 spiro atoms. The van der Waals surface area contributed by atoms with Crippen LogP contribution >= 0.6 is 11.6 Å². The second-order valence-corrected chi connectivity index (χ2v) is 11.2. The molecule has 1 heterocycles. The maximum Gasteiger partial charge on any atom is 0.143 e. The molecular weight excluding hydrogens is 560 g/mol. The van der Waals surface area contributed by atoms with Crippen LogP contribution in [0, 0.1) is 0 Å². The summed E-state index contributed by atoms with van der Waals surface area (Å²) in [5.41, 5.74) is 7.83. The fourth-order valence-corrected chi connectivity index (χ4v) is 6.38. The molecule has 0 aliphatic heterocycles. The van der Waals surface area contributed by atoms with Gasteiger partial charge in [0.25, 0.3) is 0 Å². The van der Waals surface area contributed by atoms with Crippen molar-refractivity contribution in [3.05, 3.63) is 169 Å². The standard InChI is InChI=1S/C40H27ClN2O/c41-28-25-37(43(31-19-9-3-10-20-31)32-21-11-4-12-22-32)39-35-27-36(33-23-13-14-24-34(33)40(35)44-38(39)26-28)42(29-15-5-1-6-16-29)30-17-7-2-8-18-30/h1-27H. The average Bonchev–Trinajstić information content (AvgIpc) is 3.45. The molecule has 210 valence electrons. The zero-order valence-electron chi connectivity index (χ0n) is 23.8. The molecule has 0 aliphatic rings. The van der Waals surface area contributed by atoms with Crippen LogP contribution in [0.5, 0.6) is 0 Å². The monoisotopic (exact) mass is 586 g/mol. The van der Waals surface area contributed by atoms with E-state index in [4.69, 9.17) is 16.0 Å². The Kier molecular flexibility index (Phi) is 6.51. The summed E-state index contributed by atoms with van der Waals surface area (Å²) in [5, 5.41) is 4.78. The van der Waals surface area contributed by atoms with Crippen LogP contribution in [0.25, 0.3) is 32.7 Å². The lowest BCUT2D eigenvalue weighted by atomic mass is 10.0. The van der Waals surface area contributed by atoms with Gasteiger partial charge in [-0.15, -0.1) is 0 Å². The zero-order valence-corrected chi connectivity index (χ0v) is 24.5. The van der Waals surface area contributed by atoms with Crippen LogP contribution in [0.4, 0.5) is 34.1 Å². The molecule has 0 radical (unpaired) electrons. The quantitative estimate of drug-likeness (QED) is 0.193. The molecule has 8 aromatic rings. The lowest BCUT2D eigenvalue weighted by Gasteiger charge is -2.27. The van der Waals surface area contributed by atoms with Crippen LogP contribution < -0.4 is 9.80 Å². The van der Waals surface area contributed by atoms with Gasteiger partial charge in [-0.1, -0.05) is 109 Å². The van der Waals surface area contributed by atoms with E-state index in [1.54, 1.807) is 0 Å². The Labute approximate surface area is 260 Å². The molecule has 8 rings (SSSR count). The summed E-state index contributed by atoms with van der Waals surface area (Å²) in [7, 11) is 0. The molecule has 44 heavy (non-hydrogen) atoms. The predicted octanol–water partition coefficient (Wildman–Crippen LogP) is 12.3. The van der Waals surface area contributed by atoms with Crippen LogP contribution in [0.3, 0.4) is 0 Å². The first kappa shape index (κ1) is 26.1. The number of anilines is 6. The summed E-state index contributed by atoms with van der Waals surface area (Å²) in [5.74, 6) is 0. The first-order valence-corrected chi connectivity index (χ1v) is 15.0. The number of fused-ring (bicyclic) bond motifs is 5. The molecule has 3 nitrogen and oxygen atoms in total. The van der Waals surface area contributed by atoms with Gasteiger partial charge in [0.15, 0.2) is 0 Å². The van der Waals surface area contributed by atoms with E-state index in [0.29, 0.717) is 5.02 Å². The molecule has 4 heteroatoms. The molecule has 0 N–H and O–H groups in total. The van der Waals surface area contributed by atoms with Gasteiger partial charge in [-0.05, 0) is 60.7 Å². The van der Waals surface area contributed by atoms with Crippen LogP contribution in [-0.2, 0) is 0 Å². The summed E-state index contributed by atoms with van der Waals surface area (Å²) < 4.78 is 6.73. The fourth-order valence-electron chi connectivity index (χ4n) is 6.18. The first-order valence-electron chi connectivity index (χ1n) is 14.6. The normalized spacial score (nSPS) is 11.3. The molecule has 0 saturated heterocycles. The van der Waals surface area contributed by atoms with Gasteiger partial charge in [-0.25, -0.2) is 0 Å². The largest absolute Gasteiger partial charge is 0.455 e. The molecule has 0 amide bonds. The van der Waals surface area contributed by atoms with E-state index in [-0.39, 0.29) is 0 Å². The van der Waals surface area contributed by atoms with Crippen molar-refractivity contribution in [2.45, 2.75) is 0 Å². The number of nitrogens with zero attached hydrogens (tertiary/aromatic N) is 2. The van der Waals surface area contributed by atoms with Crippen molar-refractivity contribution >= 4 is 78.4 Å². The van der Waals surface area contributed by atoms with Crippen molar-refractivity contribution in [2.75, 3.05) is 9.80 Å². The van der Waals surface area contributed by atoms with E-state index >= 15 is 0 Å². The van der Waals surface area contributed by atoms with Crippen LogP contribution in [-0.4, -0.2) is 0 Å². The average molecular weight is 587 g/mol. The predicted molar refractivity (Wildman–Crippen MR) is 186 cm³/mol. The topological polar surface area (TPSA) is 19.6 Å². The van der Waals surface area contributed by atoms with Crippen molar-refractivity contribution in [1.82, 2.24) is 0 Å². The summed E-state index contributed by atoms with van der Waals surface area (Å²) in [6.45, 7) is 0. The smallest absolute Gasteiger partial charge is 0.143 e. The molecule has 7 aromatic carbocycles. The van der Waals surface area contributed by atoms with Gasteiger partial charge in [0.2, 0.25) is 0 Å². The highest BCUT2D eigenvalue weighted by molar-refractivity contribution is 6.33. The molecule has 0 bridgehead atoms. The van der Waals surface area contributed by atoms with Crippen molar-refractivity contribution in [1.29, 1.82) is 0 Å². The number of benzene rings is 7. The van der Waals surface area contributed by atoms with Gasteiger partial charge < -0.3 is 14.2 Å². The van der Waals surface area contributed by atoms with Crippen molar-refractivity contribution < 1.29 is 4.42 Å². The number of furan rings is 1. The van der Waals surface area contributed by atoms with Gasteiger partial charge in [0, 0.05) is 50.0 Å². The molecule has 0 fully saturated rings. The van der Waals surface area contributed by atoms with Gasteiger partial charge in [-0.3, -0.25) is 0 Å². The molecule has 1 aromatic heterocycles. The third kappa shape index (κ3) is 4.46. The lowest BCUT2D eigenvalue weighted by molar-refractivity contribution is 0.673. The second-order valence-electron chi connectivity index (χ2n) is 10.7. The van der Waals surface area contributed by atoms with E-state index < -0.39 is 0 Å². The Bertz CT molecular complexity index is 2150. The second kappa shape index (κ2) is 11.0. The van der Waals surface area contributed by atoms with E-state index in [9.17, 15) is 0 Å².